The summed E-state index contributed by atoms with van der Waals surface area (Å²) in [5, 5.41) is 10.5. The summed E-state index contributed by atoms with van der Waals surface area (Å²) in [6.07, 6.45) is 4.95. The molecule has 0 bridgehead atoms. The number of hydrogen-bond acceptors (Lipinski definition) is 5. The van der Waals surface area contributed by atoms with Gasteiger partial charge in [-0.25, -0.2) is 4.98 Å². The molecular weight excluding hydrogens is 396 g/mol. The molecule has 0 aliphatic carbocycles. The average molecular weight is 416 g/mol. The Bertz CT molecular complexity index is 1260. The van der Waals surface area contributed by atoms with Crippen molar-refractivity contribution in [3.63, 3.8) is 0 Å². The highest BCUT2D eigenvalue weighted by Crippen LogP contribution is 2.34. The highest BCUT2D eigenvalue weighted by Gasteiger charge is 2.31. The molecule has 1 aliphatic rings. The quantitative estimate of drug-likeness (QED) is 0.529. The van der Waals surface area contributed by atoms with Gasteiger partial charge in [0, 0.05) is 31.2 Å². The van der Waals surface area contributed by atoms with Crippen molar-refractivity contribution in [1.82, 2.24) is 25.1 Å². The van der Waals surface area contributed by atoms with Gasteiger partial charge in [0.15, 0.2) is 0 Å². The number of likely N-dealkylation sites (N-methyl/N-ethyl adjacent to an activating group) is 1. The van der Waals surface area contributed by atoms with E-state index in [1.165, 1.54) is 4.90 Å². The molecule has 0 saturated carbocycles. The van der Waals surface area contributed by atoms with Crippen molar-refractivity contribution in [3.05, 3.63) is 72.4 Å². The molecule has 5 rings (SSSR count). The van der Waals surface area contributed by atoms with E-state index in [0.717, 1.165) is 16.5 Å². The van der Waals surface area contributed by atoms with E-state index in [0.29, 0.717) is 18.0 Å². The molecule has 9 heteroatoms. The molecule has 3 heterocycles. The van der Waals surface area contributed by atoms with E-state index in [2.05, 4.69) is 20.5 Å². The van der Waals surface area contributed by atoms with Crippen LogP contribution in [0.25, 0.3) is 10.9 Å². The highest BCUT2D eigenvalue weighted by molar-refractivity contribution is 6.04. The molecule has 31 heavy (non-hydrogen) atoms. The Morgan fingerprint density at radius 3 is 2.97 bits per heavy atom. The zero-order valence-corrected chi connectivity index (χ0v) is 16.8. The summed E-state index contributed by atoms with van der Waals surface area (Å²) in [7, 11) is 1.66. The van der Waals surface area contributed by atoms with E-state index < -0.39 is 11.9 Å². The number of imidazole rings is 1. The summed E-state index contributed by atoms with van der Waals surface area (Å²) in [4.78, 5) is 31.4. The van der Waals surface area contributed by atoms with Gasteiger partial charge in [0.25, 0.3) is 11.8 Å². The van der Waals surface area contributed by atoms with Crippen LogP contribution in [-0.4, -0.2) is 51.3 Å². The van der Waals surface area contributed by atoms with E-state index in [4.69, 9.17) is 4.74 Å². The third-order valence-electron chi connectivity index (χ3n) is 5.29. The van der Waals surface area contributed by atoms with Crippen molar-refractivity contribution in [2.45, 2.75) is 12.6 Å². The maximum atomic E-state index is 13.0. The number of carbonyl (C=O) groups excluding carboxylic acids is 2. The number of fused-ring (bicyclic) bond motifs is 2. The number of nitrogens with zero attached hydrogens (tertiary/aromatic N) is 4. The standard InChI is InChI=1S/C22H20N6O3/c1-27-19-7-15-9-24-26-16(15)8-20(19)31-12-18(22(27)30)25-21(29)17-11-28(13-23-17)10-14-5-3-2-4-6-14/h2-9,11,13,18H,10,12H2,1H3,(H,24,26)(H,25,29)/t18-/m0/s1. The summed E-state index contributed by atoms with van der Waals surface area (Å²) in [6.45, 7) is 0.624. The predicted molar refractivity (Wildman–Crippen MR) is 114 cm³/mol. The summed E-state index contributed by atoms with van der Waals surface area (Å²) in [6, 6.07) is 12.7. The number of anilines is 1. The molecule has 1 aliphatic heterocycles. The minimum atomic E-state index is -0.833. The van der Waals surface area contributed by atoms with Crippen molar-refractivity contribution in [2.24, 2.45) is 0 Å². The van der Waals surface area contributed by atoms with Gasteiger partial charge in [0.05, 0.1) is 23.7 Å². The summed E-state index contributed by atoms with van der Waals surface area (Å²) in [5.41, 5.74) is 2.78. The molecule has 2 N–H and O–H groups in total. The van der Waals surface area contributed by atoms with Gasteiger partial charge >= 0.3 is 0 Å². The number of hydrogen-bond donors (Lipinski definition) is 2. The fourth-order valence-electron chi connectivity index (χ4n) is 3.63. The Morgan fingerprint density at radius 2 is 2.13 bits per heavy atom. The van der Waals surface area contributed by atoms with Crippen molar-refractivity contribution in [1.29, 1.82) is 0 Å². The van der Waals surface area contributed by atoms with Crippen LogP contribution in [0.5, 0.6) is 5.75 Å². The third-order valence-corrected chi connectivity index (χ3v) is 5.29. The largest absolute Gasteiger partial charge is 0.489 e. The van der Waals surface area contributed by atoms with E-state index in [9.17, 15) is 9.59 Å². The first kappa shape index (κ1) is 18.9. The van der Waals surface area contributed by atoms with Crippen molar-refractivity contribution >= 4 is 28.4 Å². The van der Waals surface area contributed by atoms with E-state index in [-0.39, 0.29) is 18.2 Å². The van der Waals surface area contributed by atoms with Crippen LogP contribution in [0.2, 0.25) is 0 Å². The molecule has 0 radical (unpaired) electrons. The molecule has 2 amide bonds. The minimum Gasteiger partial charge on any atom is -0.489 e. The summed E-state index contributed by atoms with van der Waals surface area (Å²) in [5.74, 6) is -0.139. The van der Waals surface area contributed by atoms with Gasteiger partial charge in [-0.05, 0) is 11.6 Å². The van der Waals surface area contributed by atoms with Crippen LogP contribution >= 0.6 is 0 Å². The molecular formula is C22H20N6O3. The zero-order valence-electron chi connectivity index (χ0n) is 16.8. The van der Waals surface area contributed by atoms with Crippen LogP contribution in [0.3, 0.4) is 0 Å². The number of aromatic nitrogens is 4. The van der Waals surface area contributed by atoms with Crippen molar-refractivity contribution in [2.75, 3.05) is 18.6 Å². The summed E-state index contributed by atoms with van der Waals surface area (Å²) < 4.78 is 7.68. The molecule has 0 spiro atoms. The van der Waals surface area contributed by atoms with Crippen LogP contribution in [0.15, 0.2) is 61.2 Å². The lowest BCUT2D eigenvalue weighted by molar-refractivity contribution is -0.120. The Morgan fingerprint density at radius 1 is 1.29 bits per heavy atom. The first-order chi connectivity index (χ1) is 15.1. The molecule has 1 atom stereocenters. The van der Waals surface area contributed by atoms with Gasteiger partial charge in [-0.2, -0.15) is 5.10 Å². The van der Waals surface area contributed by atoms with Gasteiger partial charge in [0.2, 0.25) is 0 Å². The lowest BCUT2D eigenvalue weighted by Crippen LogP contribution is -2.49. The van der Waals surface area contributed by atoms with Crippen LogP contribution in [-0.2, 0) is 11.3 Å². The van der Waals surface area contributed by atoms with E-state index in [1.807, 2.05) is 41.0 Å². The zero-order chi connectivity index (χ0) is 21.4. The van der Waals surface area contributed by atoms with Crippen molar-refractivity contribution in [3.8, 4) is 5.75 Å². The molecule has 156 valence electrons. The van der Waals surface area contributed by atoms with Gasteiger partial charge in [0.1, 0.15) is 24.1 Å². The second-order valence-electron chi connectivity index (χ2n) is 7.43. The number of ether oxygens (including phenoxy) is 1. The second kappa shape index (κ2) is 7.60. The number of nitrogens with one attached hydrogen (secondary N) is 2. The molecule has 0 saturated heterocycles. The first-order valence-electron chi connectivity index (χ1n) is 9.82. The highest BCUT2D eigenvalue weighted by atomic mass is 16.5. The Labute approximate surface area is 177 Å². The number of amides is 2. The first-order valence-corrected chi connectivity index (χ1v) is 9.82. The Kier molecular flexibility index (Phi) is 4.62. The number of rotatable bonds is 4. The van der Waals surface area contributed by atoms with Gasteiger partial charge < -0.3 is 19.5 Å². The molecule has 0 unspecified atom stereocenters. The maximum absolute atomic E-state index is 13.0. The number of H-pyrrole nitrogens is 1. The second-order valence-corrected chi connectivity index (χ2v) is 7.43. The lowest BCUT2D eigenvalue weighted by atomic mass is 10.2. The third kappa shape index (κ3) is 3.61. The molecule has 9 nitrogen and oxygen atoms in total. The van der Waals surface area contributed by atoms with Crippen molar-refractivity contribution < 1.29 is 14.3 Å². The number of aromatic amines is 1. The monoisotopic (exact) mass is 416 g/mol. The van der Waals surface area contributed by atoms with Crippen LogP contribution in [0.1, 0.15) is 16.1 Å². The summed E-state index contributed by atoms with van der Waals surface area (Å²) >= 11 is 0. The number of carbonyl (C=O) groups is 2. The van der Waals surface area contributed by atoms with Gasteiger partial charge in [-0.1, -0.05) is 30.3 Å². The maximum Gasteiger partial charge on any atom is 0.272 e. The fourth-order valence-corrected chi connectivity index (χ4v) is 3.63. The SMILES string of the molecule is CN1C(=O)[C@@H](NC(=O)c2cn(Cc3ccccc3)cn2)COc2cc3[nH]ncc3cc21. The van der Waals surface area contributed by atoms with E-state index >= 15 is 0 Å². The van der Waals surface area contributed by atoms with Crippen LogP contribution in [0.4, 0.5) is 5.69 Å². The Balaban J connectivity index is 1.31. The molecule has 4 aromatic rings. The van der Waals surface area contributed by atoms with Crippen LogP contribution in [0, 0.1) is 0 Å². The average Bonchev–Trinajstić information content (AvgIpc) is 3.42. The smallest absolute Gasteiger partial charge is 0.272 e. The topological polar surface area (TPSA) is 105 Å². The Hall–Kier alpha value is -4.14. The number of benzene rings is 2. The lowest BCUT2D eigenvalue weighted by Gasteiger charge is -2.20. The van der Waals surface area contributed by atoms with Gasteiger partial charge in [-0.15, -0.1) is 0 Å². The van der Waals surface area contributed by atoms with Crippen LogP contribution < -0.4 is 15.0 Å². The molecule has 0 fully saturated rings. The normalized spacial score (nSPS) is 16.0. The fraction of sp³-hybridized carbons (Fsp3) is 0.182. The van der Waals surface area contributed by atoms with E-state index in [1.54, 1.807) is 31.8 Å². The predicted octanol–water partition coefficient (Wildman–Crippen LogP) is 1.96. The minimum absolute atomic E-state index is 0.0201. The van der Waals surface area contributed by atoms with Gasteiger partial charge in [-0.3, -0.25) is 14.7 Å². The molecule has 2 aromatic carbocycles. The molecule has 2 aromatic heterocycles.